The summed E-state index contributed by atoms with van der Waals surface area (Å²) < 4.78 is 23.4. The Kier molecular flexibility index (Phi) is 6.36. The van der Waals surface area contributed by atoms with Crippen molar-refractivity contribution in [3.05, 3.63) is 11.6 Å². The number of hydrogen-bond donors (Lipinski definition) is 8. The lowest BCUT2D eigenvalue weighted by Crippen LogP contribution is -2.78. The molecule has 39 heavy (non-hydrogen) atoms. The number of rotatable bonds is 3. The number of carbonyl (C=O) groups is 1. The van der Waals surface area contributed by atoms with E-state index in [9.17, 15) is 45.6 Å². The summed E-state index contributed by atoms with van der Waals surface area (Å²) >= 11 is 0. The summed E-state index contributed by atoms with van der Waals surface area (Å²) in [7, 11) is 0. The molecule has 3 saturated heterocycles. The van der Waals surface area contributed by atoms with E-state index in [4.69, 9.17) is 18.9 Å². The van der Waals surface area contributed by atoms with Crippen LogP contribution >= 0.6 is 0 Å². The summed E-state index contributed by atoms with van der Waals surface area (Å²) in [6.45, 7) is 4.35. The molecule has 3 aliphatic heterocycles. The zero-order valence-corrected chi connectivity index (χ0v) is 21.9. The molecular formula is C26H38O13. The molecule has 3 heterocycles. The van der Waals surface area contributed by atoms with Crippen molar-refractivity contribution in [3.8, 4) is 0 Å². The molecule has 0 aromatic rings. The molecule has 2 bridgehead atoms. The zero-order chi connectivity index (χ0) is 28.4. The largest absolute Gasteiger partial charge is 0.460 e. The molecule has 0 amide bonds. The van der Waals surface area contributed by atoms with Crippen molar-refractivity contribution in [1.82, 2.24) is 0 Å². The molecule has 6 rings (SSSR count). The van der Waals surface area contributed by atoms with Crippen molar-refractivity contribution in [2.75, 3.05) is 13.2 Å². The molecule has 1 spiro atoms. The Bertz CT molecular complexity index is 1050. The van der Waals surface area contributed by atoms with Crippen molar-refractivity contribution < 1.29 is 64.6 Å². The highest BCUT2D eigenvalue weighted by Crippen LogP contribution is 2.74. The van der Waals surface area contributed by atoms with E-state index in [0.29, 0.717) is 0 Å². The average Bonchev–Trinajstić information content (AvgIpc) is 3.18. The van der Waals surface area contributed by atoms with E-state index in [0.717, 1.165) is 5.57 Å². The lowest BCUT2D eigenvalue weighted by atomic mass is 9.38. The molecule has 220 valence electrons. The third kappa shape index (κ3) is 3.32. The van der Waals surface area contributed by atoms with Crippen LogP contribution in [0.1, 0.15) is 27.2 Å². The molecule has 13 nitrogen and oxygen atoms in total. The molecule has 0 radical (unpaired) electrons. The minimum absolute atomic E-state index is 0.138. The third-order valence-corrected chi connectivity index (χ3v) is 10.9. The van der Waals surface area contributed by atoms with Crippen molar-refractivity contribution in [2.45, 2.75) is 94.2 Å². The topological polar surface area (TPSA) is 216 Å². The minimum Gasteiger partial charge on any atom is -0.460 e. The van der Waals surface area contributed by atoms with E-state index in [1.165, 1.54) is 0 Å². The SMILES string of the molecule is CC1=C[C@H](O)[C@@H](O)[C@@]2(C)C1C[C@H]1OC(=O)[C@H](O[C@@H]3O[C@H](CO)[C@@H](O)[C@H](O)[C@H]3O)[C@H]3[C@@H](C)[C@@H](O)C4(O)OC[C@@]31C42. The second-order valence-corrected chi connectivity index (χ2v) is 12.6. The van der Waals surface area contributed by atoms with E-state index in [1.54, 1.807) is 26.8 Å². The van der Waals surface area contributed by atoms with Crippen LogP contribution in [-0.4, -0.2) is 127 Å². The first kappa shape index (κ1) is 27.9. The van der Waals surface area contributed by atoms with Crippen LogP contribution in [0.3, 0.4) is 0 Å². The van der Waals surface area contributed by atoms with E-state index in [1.807, 2.05) is 0 Å². The summed E-state index contributed by atoms with van der Waals surface area (Å²) in [6.07, 6.45) is -12.6. The van der Waals surface area contributed by atoms with Gasteiger partial charge < -0.3 is 59.8 Å². The molecule has 6 aliphatic rings. The third-order valence-electron chi connectivity index (χ3n) is 10.9. The first-order valence-electron chi connectivity index (χ1n) is 13.5. The van der Waals surface area contributed by atoms with E-state index < -0.39 is 114 Å². The Morgan fingerprint density at radius 3 is 2.44 bits per heavy atom. The van der Waals surface area contributed by atoms with Crippen molar-refractivity contribution >= 4 is 5.97 Å². The Balaban J connectivity index is 1.45. The van der Waals surface area contributed by atoms with Gasteiger partial charge in [-0.2, -0.15) is 0 Å². The van der Waals surface area contributed by atoms with Crippen LogP contribution in [-0.2, 0) is 23.7 Å². The number of fused-ring (bicyclic) bond motifs is 1. The average molecular weight is 559 g/mol. The van der Waals surface area contributed by atoms with Gasteiger partial charge in [-0.05, 0) is 25.2 Å². The van der Waals surface area contributed by atoms with Gasteiger partial charge in [-0.1, -0.05) is 25.5 Å². The van der Waals surface area contributed by atoms with Gasteiger partial charge in [0.05, 0.1) is 25.4 Å². The molecule has 13 heteroatoms. The highest BCUT2D eigenvalue weighted by atomic mass is 16.7. The van der Waals surface area contributed by atoms with Crippen LogP contribution in [0.2, 0.25) is 0 Å². The van der Waals surface area contributed by atoms with E-state index in [2.05, 4.69) is 0 Å². The number of esters is 1. The van der Waals surface area contributed by atoms with Crippen molar-refractivity contribution in [3.63, 3.8) is 0 Å². The van der Waals surface area contributed by atoms with Gasteiger partial charge in [0.1, 0.15) is 36.6 Å². The maximum Gasteiger partial charge on any atom is 0.336 e. The molecule has 3 aliphatic carbocycles. The fourth-order valence-electron chi connectivity index (χ4n) is 9.24. The highest BCUT2D eigenvalue weighted by Gasteiger charge is 2.83. The van der Waals surface area contributed by atoms with Crippen molar-refractivity contribution in [2.24, 2.45) is 34.5 Å². The number of ether oxygens (including phenoxy) is 4. The first-order chi connectivity index (χ1) is 18.2. The van der Waals surface area contributed by atoms with Gasteiger partial charge in [0.2, 0.25) is 0 Å². The van der Waals surface area contributed by atoms with Gasteiger partial charge in [-0.25, -0.2) is 4.79 Å². The summed E-state index contributed by atoms with van der Waals surface area (Å²) in [6, 6.07) is 0. The molecule has 3 unspecified atom stereocenters. The number of allylic oxidation sites excluding steroid dienone is 1. The standard InChI is InChI=1S/C26H38O13/c1-8-4-11(28)20(33)24(3)10(8)5-13-25-7-36-26(35,23(24)25)19(32)9(2)14(25)18(21(34)38-13)39-22-17(31)16(30)15(29)12(6-27)37-22/h4,9-20,22-23,27-33,35H,5-7H2,1-3H3/t9-,10?,11+,12-,13-,14-,15-,16+,17-,18-,19-,20-,22+,23?,24-,25+,26?/m1/s1. The Morgan fingerprint density at radius 1 is 1.08 bits per heavy atom. The monoisotopic (exact) mass is 558 g/mol. The van der Waals surface area contributed by atoms with Crippen LogP contribution in [0.4, 0.5) is 0 Å². The lowest BCUT2D eigenvalue weighted by Gasteiger charge is -2.68. The maximum absolute atomic E-state index is 13.5. The normalized spacial score (nSPS) is 60.2. The summed E-state index contributed by atoms with van der Waals surface area (Å²) in [5, 5.41) is 86.1. The van der Waals surface area contributed by atoms with Crippen LogP contribution in [0, 0.1) is 34.5 Å². The second kappa shape index (κ2) is 8.88. The van der Waals surface area contributed by atoms with Gasteiger partial charge in [0.15, 0.2) is 18.2 Å². The minimum atomic E-state index is -2.13. The fourth-order valence-corrected chi connectivity index (χ4v) is 9.24. The van der Waals surface area contributed by atoms with Crippen LogP contribution in [0.15, 0.2) is 11.6 Å². The number of hydrogen-bond acceptors (Lipinski definition) is 13. The Labute approximate surface area is 224 Å². The van der Waals surface area contributed by atoms with Crippen LogP contribution < -0.4 is 0 Å². The zero-order valence-electron chi connectivity index (χ0n) is 21.9. The summed E-state index contributed by atoms with van der Waals surface area (Å²) in [5.41, 5.74) is -1.60. The number of aliphatic hydroxyl groups is 8. The molecule has 0 aromatic carbocycles. The van der Waals surface area contributed by atoms with E-state index >= 15 is 0 Å². The highest BCUT2D eigenvalue weighted by molar-refractivity contribution is 5.77. The molecule has 2 saturated carbocycles. The van der Waals surface area contributed by atoms with Gasteiger partial charge in [-0.15, -0.1) is 0 Å². The van der Waals surface area contributed by atoms with E-state index in [-0.39, 0.29) is 13.0 Å². The van der Waals surface area contributed by atoms with Crippen LogP contribution in [0.25, 0.3) is 0 Å². The fraction of sp³-hybridized carbons (Fsp3) is 0.885. The molecule has 8 N–H and O–H groups in total. The number of carbonyl (C=O) groups excluding carboxylic acids is 1. The van der Waals surface area contributed by atoms with Gasteiger partial charge in [0.25, 0.3) is 0 Å². The number of aliphatic hydroxyl groups excluding tert-OH is 7. The predicted octanol–water partition coefficient (Wildman–Crippen LogP) is -3.25. The molecular weight excluding hydrogens is 520 g/mol. The summed E-state index contributed by atoms with van der Waals surface area (Å²) in [4.78, 5) is 13.5. The Hall–Kier alpha value is -1.23. The smallest absolute Gasteiger partial charge is 0.336 e. The first-order valence-corrected chi connectivity index (χ1v) is 13.5. The predicted molar refractivity (Wildman–Crippen MR) is 126 cm³/mol. The van der Waals surface area contributed by atoms with Crippen LogP contribution in [0.5, 0.6) is 0 Å². The van der Waals surface area contributed by atoms with Gasteiger partial charge >= 0.3 is 5.97 Å². The molecule has 0 aromatic heterocycles. The summed E-state index contributed by atoms with van der Waals surface area (Å²) in [5.74, 6) is -6.01. The lowest BCUT2D eigenvalue weighted by molar-refractivity contribution is -0.362. The maximum atomic E-state index is 13.5. The van der Waals surface area contributed by atoms with Gasteiger partial charge in [-0.3, -0.25) is 0 Å². The Morgan fingerprint density at radius 2 is 1.77 bits per heavy atom. The second-order valence-electron chi connectivity index (χ2n) is 12.6. The molecule has 5 fully saturated rings. The van der Waals surface area contributed by atoms with Crippen molar-refractivity contribution in [1.29, 1.82) is 0 Å². The van der Waals surface area contributed by atoms with Gasteiger partial charge in [0, 0.05) is 22.7 Å². The quantitative estimate of drug-likeness (QED) is 0.126. The molecule has 17 atom stereocenters.